The zero-order valence-corrected chi connectivity index (χ0v) is 17.6. The van der Waals surface area contributed by atoms with E-state index in [0.29, 0.717) is 38.2 Å². The van der Waals surface area contributed by atoms with E-state index in [1.165, 1.54) is 0 Å². The van der Waals surface area contributed by atoms with Crippen LogP contribution in [0.25, 0.3) is 0 Å². The van der Waals surface area contributed by atoms with Gasteiger partial charge < -0.3 is 20.1 Å². The molecule has 0 aromatic heterocycles. The Labute approximate surface area is 167 Å². The van der Waals surface area contributed by atoms with E-state index < -0.39 is 5.60 Å². The fourth-order valence-corrected chi connectivity index (χ4v) is 3.30. The highest BCUT2D eigenvalue weighted by Gasteiger charge is 2.31. The van der Waals surface area contributed by atoms with Crippen LogP contribution in [0.4, 0.5) is 4.79 Å². The number of aliphatic hydroxyl groups is 1. The number of amidine groups is 1. The summed E-state index contributed by atoms with van der Waals surface area (Å²) in [5, 5.41) is 16.0. The topological polar surface area (TPSA) is 86.2 Å². The van der Waals surface area contributed by atoms with E-state index in [-0.39, 0.29) is 6.03 Å². The van der Waals surface area contributed by atoms with Crippen molar-refractivity contribution in [2.75, 3.05) is 27.2 Å². The molecule has 0 atom stereocenters. The summed E-state index contributed by atoms with van der Waals surface area (Å²) in [5.41, 5.74) is 2.92. The Morgan fingerprint density at radius 1 is 1.36 bits per heavy atom. The fourth-order valence-electron chi connectivity index (χ4n) is 3.30. The Balaban J connectivity index is 2.25. The van der Waals surface area contributed by atoms with Gasteiger partial charge in [0.25, 0.3) is 0 Å². The molecule has 0 spiro atoms. The number of piperidine rings is 1. The maximum absolute atomic E-state index is 12.6. The third kappa shape index (κ3) is 5.04. The first kappa shape index (κ1) is 21.8. The van der Waals surface area contributed by atoms with Crippen molar-refractivity contribution >= 4 is 11.9 Å². The number of nitrogens with zero attached hydrogens (tertiary/aromatic N) is 2. The summed E-state index contributed by atoms with van der Waals surface area (Å²) in [6, 6.07) is -0.183. The van der Waals surface area contributed by atoms with E-state index in [1.54, 1.807) is 18.1 Å². The highest BCUT2D eigenvalue weighted by Crippen LogP contribution is 2.32. The molecule has 2 rings (SSSR count). The van der Waals surface area contributed by atoms with Crippen molar-refractivity contribution in [2.24, 2.45) is 4.99 Å². The first-order valence-corrected chi connectivity index (χ1v) is 9.53. The Hall–Kier alpha value is -2.54. The molecular formula is C21H32N4O3. The molecule has 7 nitrogen and oxygen atoms in total. The molecule has 0 aromatic carbocycles. The van der Waals surface area contributed by atoms with Crippen LogP contribution in [-0.4, -0.2) is 54.7 Å². The SMILES string of the molecule is C=CC(=C\NC)/C(C)=C1\N=C(NC(=O)N2CCC(C)(O)CC2)C\C1=C(\C)OC. The summed E-state index contributed by atoms with van der Waals surface area (Å²) < 4.78 is 5.44. The van der Waals surface area contributed by atoms with Crippen LogP contribution in [0.5, 0.6) is 0 Å². The largest absolute Gasteiger partial charge is 0.501 e. The number of nitrogens with one attached hydrogen (secondary N) is 2. The molecule has 0 aliphatic carbocycles. The molecule has 0 bridgehead atoms. The third-order valence-corrected chi connectivity index (χ3v) is 5.30. The number of methoxy groups -OCH3 is 1. The average Bonchev–Trinajstić information content (AvgIpc) is 3.08. The summed E-state index contributed by atoms with van der Waals surface area (Å²) in [6.07, 6.45) is 5.27. The zero-order valence-electron chi connectivity index (χ0n) is 17.6. The minimum atomic E-state index is -0.694. The van der Waals surface area contributed by atoms with Crippen LogP contribution in [0.3, 0.4) is 0 Å². The van der Waals surface area contributed by atoms with E-state index in [9.17, 15) is 9.90 Å². The summed E-state index contributed by atoms with van der Waals surface area (Å²) in [5.74, 6) is 1.36. The third-order valence-electron chi connectivity index (χ3n) is 5.30. The van der Waals surface area contributed by atoms with Crippen molar-refractivity contribution in [3.8, 4) is 0 Å². The monoisotopic (exact) mass is 388 g/mol. The number of urea groups is 1. The van der Waals surface area contributed by atoms with Gasteiger partial charge >= 0.3 is 6.03 Å². The van der Waals surface area contributed by atoms with Gasteiger partial charge in [0.1, 0.15) is 5.84 Å². The van der Waals surface area contributed by atoms with Crippen molar-refractivity contribution in [1.82, 2.24) is 15.5 Å². The molecule has 154 valence electrons. The summed E-state index contributed by atoms with van der Waals surface area (Å²) in [7, 11) is 3.46. The number of allylic oxidation sites excluding steroid dienone is 5. The van der Waals surface area contributed by atoms with Crippen molar-refractivity contribution < 1.29 is 14.6 Å². The lowest BCUT2D eigenvalue weighted by molar-refractivity contribution is 0.00483. The Morgan fingerprint density at radius 2 is 2.00 bits per heavy atom. The molecule has 28 heavy (non-hydrogen) atoms. The predicted molar refractivity (Wildman–Crippen MR) is 112 cm³/mol. The van der Waals surface area contributed by atoms with Gasteiger partial charge in [0.05, 0.1) is 24.2 Å². The minimum Gasteiger partial charge on any atom is -0.501 e. The molecule has 0 radical (unpaired) electrons. The van der Waals surface area contributed by atoms with Crippen molar-refractivity contribution in [2.45, 2.75) is 45.6 Å². The van der Waals surface area contributed by atoms with E-state index in [0.717, 1.165) is 28.2 Å². The van der Waals surface area contributed by atoms with E-state index >= 15 is 0 Å². The van der Waals surface area contributed by atoms with Gasteiger partial charge in [-0.2, -0.15) is 0 Å². The lowest BCUT2D eigenvalue weighted by Gasteiger charge is -2.35. The van der Waals surface area contributed by atoms with Gasteiger partial charge in [0.15, 0.2) is 0 Å². The Morgan fingerprint density at radius 3 is 2.54 bits per heavy atom. The molecule has 1 saturated heterocycles. The highest BCUT2D eigenvalue weighted by atomic mass is 16.5. The molecular weight excluding hydrogens is 356 g/mol. The van der Waals surface area contributed by atoms with Crippen molar-refractivity contribution in [3.63, 3.8) is 0 Å². The number of likely N-dealkylation sites (tertiary alicyclic amines) is 1. The second kappa shape index (κ2) is 9.10. The van der Waals surface area contributed by atoms with Crippen LogP contribution in [-0.2, 0) is 4.74 Å². The van der Waals surface area contributed by atoms with E-state index in [2.05, 4.69) is 22.2 Å². The molecule has 2 aliphatic heterocycles. The number of carbonyl (C=O) groups excluding carboxylic acids is 1. The smallest absolute Gasteiger partial charge is 0.322 e. The lowest BCUT2D eigenvalue weighted by Crippen LogP contribution is -2.49. The van der Waals surface area contributed by atoms with E-state index in [4.69, 9.17) is 4.74 Å². The molecule has 3 N–H and O–H groups in total. The van der Waals surface area contributed by atoms with Crippen LogP contribution in [0, 0.1) is 0 Å². The van der Waals surface area contributed by atoms with Gasteiger partial charge in [0.2, 0.25) is 0 Å². The second-order valence-corrected chi connectivity index (χ2v) is 7.45. The first-order valence-electron chi connectivity index (χ1n) is 9.53. The molecule has 0 saturated carbocycles. The summed E-state index contributed by atoms with van der Waals surface area (Å²) in [6.45, 7) is 10.6. The number of hydrogen-bond donors (Lipinski definition) is 3. The fraction of sp³-hybridized carbons (Fsp3) is 0.524. The Kier molecular flexibility index (Phi) is 7.07. The van der Waals surface area contributed by atoms with Crippen LogP contribution in [0.2, 0.25) is 0 Å². The number of amides is 2. The Bertz CT molecular complexity index is 750. The molecule has 0 unspecified atom stereocenters. The molecule has 0 aromatic rings. The standard InChI is InChI=1S/C21H32N4O3/c1-7-16(13-22-5)14(2)19-17(15(3)28-6)12-18(23-19)24-20(26)25-10-8-21(4,27)9-11-25/h7,13,22,27H,1,8-12H2,2-6H3,(H,23,24,26)/b16-13+,17-15+,19-14-. The van der Waals surface area contributed by atoms with Gasteiger partial charge in [-0.15, -0.1) is 0 Å². The maximum Gasteiger partial charge on any atom is 0.322 e. The molecule has 1 fully saturated rings. The van der Waals surface area contributed by atoms with Crippen LogP contribution >= 0.6 is 0 Å². The van der Waals surface area contributed by atoms with Gasteiger partial charge in [-0.3, -0.25) is 5.32 Å². The van der Waals surface area contributed by atoms with E-state index in [1.807, 2.05) is 34.0 Å². The van der Waals surface area contributed by atoms with Gasteiger partial charge in [-0.25, -0.2) is 9.79 Å². The zero-order chi connectivity index (χ0) is 20.9. The van der Waals surface area contributed by atoms with Gasteiger partial charge in [-0.1, -0.05) is 12.7 Å². The number of rotatable bonds is 4. The van der Waals surface area contributed by atoms with Crippen LogP contribution in [0.1, 0.15) is 40.0 Å². The number of ether oxygens (including phenoxy) is 1. The number of aliphatic imine (C=N–C) groups is 1. The molecule has 7 heteroatoms. The van der Waals surface area contributed by atoms with Crippen LogP contribution in [0.15, 0.2) is 52.0 Å². The molecule has 2 heterocycles. The second-order valence-electron chi connectivity index (χ2n) is 7.45. The summed E-state index contributed by atoms with van der Waals surface area (Å²) >= 11 is 0. The normalized spacial score (nSPS) is 23.0. The summed E-state index contributed by atoms with van der Waals surface area (Å²) in [4.78, 5) is 19.0. The predicted octanol–water partition coefficient (Wildman–Crippen LogP) is 2.83. The first-order chi connectivity index (χ1) is 13.2. The quantitative estimate of drug-likeness (QED) is 0.511. The van der Waals surface area contributed by atoms with Crippen molar-refractivity contribution in [3.05, 3.63) is 47.0 Å². The van der Waals surface area contributed by atoms with Crippen molar-refractivity contribution in [1.29, 1.82) is 0 Å². The molecule has 2 aliphatic rings. The maximum atomic E-state index is 12.6. The number of hydrogen-bond acceptors (Lipinski definition) is 5. The minimum absolute atomic E-state index is 0.183. The highest BCUT2D eigenvalue weighted by molar-refractivity contribution is 6.01. The van der Waals surface area contributed by atoms with Gasteiger partial charge in [0, 0.05) is 38.3 Å². The lowest BCUT2D eigenvalue weighted by atomic mass is 9.94. The van der Waals surface area contributed by atoms with Crippen LogP contribution < -0.4 is 10.6 Å². The average molecular weight is 389 g/mol. The van der Waals surface area contributed by atoms with Gasteiger partial charge in [-0.05, 0) is 44.8 Å². The molecule has 2 amide bonds. The number of carbonyl (C=O) groups is 1.